The van der Waals surface area contributed by atoms with Crippen molar-refractivity contribution in [2.75, 3.05) is 16.3 Å². The molecule has 27 heavy (non-hydrogen) atoms. The molecule has 0 unspecified atom stereocenters. The Morgan fingerprint density at radius 3 is 2.74 bits per heavy atom. The van der Waals surface area contributed by atoms with Crippen molar-refractivity contribution in [2.24, 2.45) is 0 Å². The van der Waals surface area contributed by atoms with Crippen molar-refractivity contribution in [1.82, 2.24) is 4.98 Å². The van der Waals surface area contributed by atoms with E-state index in [0.29, 0.717) is 29.1 Å². The number of carbonyl (C=O) groups is 1. The highest BCUT2D eigenvalue weighted by atomic mass is 19.4. The van der Waals surface area contributed by atoms with Crippen LogP contribution in [0.4, 0.5) is 25.1 Å². The van der Waals surface area contributed by atoms with Gasteiger partial charge in [0.2, 0.25) is 5.88 Å². The number of aromatic nitrogens is 1. The lowest BCUT2D eigenvalue weighted by atomic mass is 10.2. The summed E-state index contributed by atoms with van der Waals surface area (Å²) in [5, 5.41) is 9.23. The number of anilines is 2. The topological polar surface area (TPSA) is 73.4 Å². The molecule has 1 amide bonds. The number of nitriles is 1. The number of hydrogen-bond donors (Lipinski definition) is 0. The van der Waals surface area contributed by atoms with E-state index in [9.17, 15) is 23.2 Å². The smallest absolute Gasteiger partial charge is 0.407 e. The van der Waals surface area contributed by atoms with Crippen molar-refractivity contribution >= 4 is 17.8 Å². The van der Waals surface area contributed by atoms with Gasteiger partial charge in [-0.15, -0.1) is 0 Å². The zero-order chi connectivity index (χ0) is 19.6. The van der Waals surface area contributed by atoms with Gasteiger partial charge in [0.25, 0.3) is 0 Å². The maximum absolute atomic E-state index is 13.1. The quantitative estimate of drug-likeness (QED) is 0.813. The van der Waals surface area contributed by atoms with Crippen LogP contribution in [0.1, 0.15) is 24.1 Å². The Kier molecular flexibility index (Phi) is 5.08. The third-order valence-electron chi connectivity index (χ3n) is 4.33. The molecule has 0 bridgehead atoms. The summed E-state index contributed by atoms with van der Waals surface area (Å²) in [6.45, 7) is 1.79. The van der Waals surface area contributed by atoms with Crippen LogP contribution in [0, 0.1) is 18.3 Å². The maximum atomic E-state index is 13.1. The molecule has 0 aliphatic carbocycles. The molecule has 1 aromatic heterocycles. The Morgan fingerprint density at radius 2 is 2.11 bits per heavy atom. The van der Waals surface area contributed by atoms with E-state index in [1.807, 2.05) is 0 Å². The number of carbonyl (C=O) groups excluding carboxylic acids is 1. The van der Waals surface area contributed by atoms with E-state index in [2.05, 4.69) is 11.1 Å². The number of amides is 1. The Hall–Kier alpha value is -3.02. The first-order chi connectivity index (χ1) is 12.8. The minimum absolute atomic E-state index is 0.224. The van der Waals surface area contributed by atoms with Crippen LogP contribution in [-0.4, -0.2) is 29.7 Å². The van der Waals surface area contributed by atoms with Crippen LogP contribution >= 0.6 is 0 Å². The Labute approximate surface area is 153 Å². The lowest BCUT2D eigenvalue weighted by Gasteiger charge is -2.21. The summed E-state index contributed by atoms with van der Waals surface area (Å²) in [5.74, 6) is -1.83. The minimum Gasteiger partial charge on any atom is -0.407 e. The van der Waals surface area contributed by atoms with Gasteiger partial charge in [0.15, 0.2) is 0 Å². The third kappa shape index (κ3) is 3.89. The highest BCUT2D eigenvalue weighted by Gasteiger charge is 2.45. The number of alkyl halides is 3. The molecule has 2 aromatic rings. The molecule has 1 aliphatic heterocycles. The molecule has 6 nitrogen and oxygen atoms in total. The highest BCUT2D eigenvalue weighted by molar-refractivity contribution is 5.95. The Balaban J connectivity index is 1.96. The normalized spacial score (nSPS) is 17.0. The number of rotatable bonds is 4. The first-order valence-corrected chi connectivity index (χ1v) is 8.37. The molecule has 1 saturated heterocycles. The van der Waals surface area contributed by atoms with Crippen LogP contribution in [0.3, 0.4) is 0 Å². The number of halogens is 3. The third-order valence-corrected chi connectivity index (χ3v) is 4.33. The fraction of sp³-hybridized carbons (Fsp3) is 0.389. The largest absolute Gasteiger partial charge is 0.471 e. The zero-order valence-corrected chi connectivity index (χ0v) is 14.5. The minimum atomic E-state index is -5.07. The SMILES string of the molecule is Cc1nc(N(Cc2ccccc2)C(=O)C(F)(F)F)oc1N1CCC[C@H]1C#N. The van der Waals surface area contributed by atoms with Crippen molar-refractivity contribution < 1.29 is 22.4 Å². The van der Waals surface area contributed by atoms with Gasteiger partial charge in [-0.3, -0.25) is 9.69 Å². The molecule has 0 N–H and O–H groups in total. The van der Waals surface area contributed by atoms with E-state index in [1.165, 1.54) is 0 Å². The standard InChI is InChI=1S/C18H17F3N4O2/c1-12-15(24-9-5-8-14(24)10-22)27-17(23-12)25(16(26)18(19,20)21)11-13-6-3-2-4-7-13/h2-4,6-7,14H,5,8-9,11H2,1H3/t14-/m0/s1. The van der Waals surface area contributed by atoms with E-state index < -0.39 is 24.1 Å². The number of aryl methyl sites for hydroxylation is 1. The van der Waals surface area contributed by atoms with Gasteiger partial charge in [-0.1, -0.05) is 30.3 Å². The number of oxazole rings is 1. The molecule has 0 spiro atoms. The average molecular weight is 378 g/mol. The van der Waals surface area contributed by atoms with Crippen LogP contribution in [0.25, 0.3) is 0 Å². The van der Waals surface area contributed by atoms with E-state index in [4.69, 9.17) is 4.42 Å². The Bertz CT molecular complexity index is 858. The molecule has 142 valence electrons. The predicted octanol–water partition coefficient (Wildman–Crippen LogP) is 3.57. The van der Waals surface area contributed by atoms with Crippen molar-refractivity contribution in [3.05, 3.63) is 41.6 Å². The Morgan fingerprint density at radius 1 is 1.41 bits per heavy atom. The fourth-order valence-electron chi connectivity index (χ4n) is 3.05. The van der Waals surface area contributed by atoms with E-state index in [0.717, 1.165) is 6.42 Å². The van der Waals surface area contributed by atoms with Gasteiger partial charge < -0.3 is 9.32 Å². The summed E-state index contributed by atoms with van der Waals surface area (Å²) in [6, 6.07) is 9.56. The van der Waals surface area contributed by atoms with Gasteiger partial charge in [-0.25, -0.2) is 0 Å². The van der Waals surface area contributed by atoms with Crippen molar-refractivity contribution in [1.29, 1.82) is 5.26 Å². The first-order valence-electron chi connectivity index (χ1n) is 8.37. The summed E-state index contributed by atoms with van der Waals surface area (Å²) in [7, 11) is 0. The van der Waals surface area contributed by atoms with Crippen LogP contribution in [0.2, 0.25) is 0 Å². The molecule has 1 atom stereocenters. The van der Waals surface area contributed by atoms with Crippen molar-refractivity contribution in [2.45, 2.75) is 38.5 Å². The molecule has 9 heteroatoms. The summed E-state index contributed by atoms with van der Waals surface area (Å²) >= 11 is 0. The molecule has 1 fully saturated rings. The van der Waals surface area contributed by atoms with Crippen molar-refractivity contribution in [3.63, 3.8) is 0 Å². The van der Waals surface area contributed by atoms with E-state index >= 15 is 0 Å². The summed E-state index contributed by atoms with van der Waals surface area (Å²) < 4.78 is 44.8. The van der Waals surface area contributed by atoms with E-state index in [1.54, 1.807) is 42.2 Å². The lowest BCUT2D eigenvalue weighted by Crippen LogP contribution is -2.41. The summed E-state index contributed by atoms with van der Waals surface area (Å²) in [6.07, 6.45) is -3.66. The molecular formula is C18H17F3N4O2. The molecule has 3 rings (SSSR count). The summed E-state index contributed by atoms with van der Waals surface area (Å²) in [4.78, 5) is 18.2. The monoisotopic (exact) mass is 378 g/mol. The molecule has 0 radical (unpaired) electrons. The van der Waals surface area contributed by atoms with Gasteiger partial charge in [0.1, 0.15) is 11.7 Å². The van der Waals surface area contributed by atoms with Crippen LogP contribution in [0.5, 0.6) is 0 Å². The number of nitrogens with zero attached hydrogens (tertiary/aromatic N) is 4. The second-order valence-electron chi connectivity index (χ2n) is 6.24. The van der Waals surface area contributed by atoms with Crippen LogP contribution in [0.15, 0.2) is 34.7 Å². The zero-order valence-electron chi connectivity index (χ0n) is 14.5. The van der Waals surface area contributed by atoms with Gasteiger partial charge in [0, 0.05) is 6.54 Å². The highest BCUT2D eigenvalue weighted by Crippen LogP contribution is 2.34. The van der Waals surface area contributed by atoms with Crippen molar-refractivity contribution in [3.8, 4) is 6.07 Å². The second kappa shape index (κ2) is 7.31. The molecular weight excluding hydrogens is 361 g/mol. The second-order valence-corrected chi connectivity index (χ2v) is 6.24. The van der Waals surface area contributed by atoms with Crippen LogP contribution < -0.4 is 9.80 Å². The number of hydrogen-bond acceptors (Lipinski definition) is 5. The van der Waals surface area contributed by atoms with Gasteiger partial charge >= 0.3 is 18.1 Å². The molecule has 2 heterocycles. The number of benzene rings is 1. The average Bonchev–Trinajstić information content (AvgIpc) is 3.25. The predicted molar refractivity (Wildman–Crippen MR) is 90.9 cm³/mol. The van der Waals surface area contributed by atoms with E-state index in [-0.39, 0.29) is 12.4 Å². The van der Waals surface area contributed by atoms with Gasteiger partial charge in [-0.2, -0.15) is 23.4 Å². The summed E-state index contributed by atoms with van der Waals surface area (Å²) in [5.41, 5.74) is 0.837. The first kappa shape index (κ1) is 18.8. The van der Waals surface area contributed by atoms with Gasteiger partial charge in [-0.05, 0) is 25.3 Å². The fourth-order valence-corrected chi connectivity index (χ4v) is 3.05. The maximum Gasteiger partial charge on any atom is 0.471 e. The van der Waals surface area contributed by atoms with Crippen LogP contribution in [-0.2, 0) is 11.3 Å². The molecule has 1 aliphatic rings. The molecule has 0 saturated carbocycles. The molecule has 1 aromatic carbocycles. The van der Waals surface area contributed by atoms with Gasteiger partial charge in [0.05, 0.1) is 12.6 Å². The lowest BCUT2D eigenvalue weighted by molar-refractivity contribution is -0.170.